The summed E-state index contributed by atoms with van der Waals surface area (Å²) >= 11 is 0. The molecule has 1 heteroatoms. The molecule has 0 aliphatic rings. The number of rotatable bonds is 4. The number of fused-ring (bicyclic) bond motifs is 1. The number of anilines is 2. The number of benzene rings is 3. The van der Waals surface area contributed by atoms with E-state index in [1.807, 2.05) is 6.08 Å². The van der Waals surface area contributed by atoms with Crippen LogP contribution in [0, 0.1) is 0 Å². The van der Waals surface area contributed by atoms with Crippen LogP contribution in [0.15, 0.2) is 79.4 Å². The zero-order valence-corrected chi connectivity index (χ0v) is 11.3. The molecule has 0 bridgehead atoms. The van der Waals surface area contributed by atoms with E-state index >= 15 is 0 Å². The smallest absolute Gasteiger partial charge is 0.0390 e. The fourth-order valence-corrected chi connectivity index (χ4v) is 2.32. The zero-order chi connectivity index (χ0) is 13.8. The first-order chi connectivity index (χ1) is 9.85. The summed E-state index contributed by atoms with van der Waals surface area (Å²) < 4.78 is 0. The van der Waals surface area contributed by atoms with E-state index in [0.717, 1.165) is 17.8 Å². The van der Waals surface area contributed by atoms with E-state index in [-0.39, 0.29) is 0 Å². The summed E-state index contributed by atoms with van der Waals surface area (Å²) in [5.74, 6) is 0. The van der Waals surface area contributed by atoms with Crippen LogP contribution in [0.25, 0.3) is 10.8 Å². The number of allylic oxidation sites excluding steroid dienone is 1. The van der Waals surface area contributed by atoms with Gasteiger partial charge < -0.3 is 5.32 Å². The van der Waals surface area contributed by atoms with Crippen LogP contribution in [-0.4, -0.2) is 0 Å². The second kappa shape index (κ2) is 5.62. The van der Waals surface area contributed by atoms with Gasteiger partial charge in [-0.25, -0.2) is 0 Å². The molecule has 0 saturated carbocycles. The lowest BCUT2D eigenvalue weighted by Gasteiger charge is -2.08. The summed E-state index contributed by atoms with van der Waals surface area (Å²) in [5.41, 5.74) is 3.50. The van der Waals surface area contributed by atoms with Gasteiger partial charge >= 0.3 is 0 Å². The van der Waals surface area contributed by atoms with Crippen molar-refractivity contribution < 1.29 is 0 Å². The molecule has 0 aliphatic heterocycles. The number of hydrogen-bond acceptors (Lipinski definition) is 1. The Kier molecular flexibility index (Phi) is 3.51. The lowest BCUT2D eigenvalue weighted by atomic mass is 10.1. The van der Waals surface area contributed by atoms with Gasteiger partial charge in [0.2, 0.25) is 0 Å². The lowest BCUT2D eigenvalue weighted by Crippen LogP contribution is -1.90. The van der Waals surface area contributed by atoms with Crippen molar-refractivity contribution in [1.82, 2.24) is 0 Å². The van der Waals surface area contributed by atoms with Crippen molar-refractivity contribution in [3.05, 3.63) is 84.9 Å². The maximum Gasteiger partial charge on any atom is 0.0390 e. The van der Waals surface area contributed by atoms with Crippen LogP contribution in [0.3, 0.4) is 0 Å². The Balaban J connectivity index is 1.83. The third kappa shape index (κ3) is 2.72. The summed E-state index contributed by atoms with van der Waals surface area (Å²) in [6.45, 7) is 3.76. The van der Waals surface area contributed by atoms with E-state index < -0.39 is 0 Å². The SMILES string of the molecule is C=CCc1ccc(Nc2ccc3ccccc3c2)cc1. The maximum atomic E-state index is 3.76. The van der Waals surface area contributed by atoms with Gasteiger partial charge in [0.15, 0.2) is 0 Å². The molecule has 3 rings (SSSR count). The van der Waals surface area contributed by atoms with Gasteiger partial charge in [0.25, 0.3) is 0 Å². The highest BCUT2D eigenvalue weighted by Crippen LogP contribution is 2.22. The van der Waals surface area contributed by atoms with Crippen molar-refractivity contribution in [3.63, 3.8) is 0 Å². The molecule has 0 spiro atoms. The van der Waals surface area contributed by atoms with E-state index in [0.29, 0.717) is 0 Å². The van der Waals surface area contributed by atoms with E-state index in [2.05, 4.69) is 78.6 Å². The van der Waals surface area contributed by atoms with Crippen molar-refractivity contribution in [2.24, 2.45) is 0 Å². The van der Waals surface area contributed by atoms with Crippen LogP contribution in [0.1, 0.15) is 5.56 Å². The van der Waals surface area contributed by atoms with Gasteiger partial charge in [0.05, 0.1) is 0 Å². The fraction of sp³-hybridized carbons (Fsp3) is 0.0526. The van der Waals surface area contributed by atoms with Gasteiger partial charge in [-0.3, -0.25) is 0 Å². The summed E-state index contributed by atoms with van der Waals surface area (Å²) in [5, 5.41) is 5.95. The minimum absolute atomic E-state index is 0.913. The monoisotopic (exact) mass is 259 g/mol. The third-order valence-corrected chi connectivity index (χ3v) is 3.37. The van der Waals surface area contributed by atoms with Crippen molar-refractivity contribution in [2.45, 2.75) is 6.42 Å². The molecule has 1 nitrogen and oxygen atoms in total. The highest BCUT2D eigenvalue weighted by atomic mass is 14.9. The van der Waals surface area contributed by atoms with Crippen molar-refractivity contribution in [1.29, 1.82) is 0 Å². The molecule has 3 aromatic carbocycles. The largest absolute Gasteiger partial charge is 0.356 e. The summed E-state index contributed by atoms with van der Waals surface area (Å²) in [4.78, 5) is 0. The molecule has 0 radical (unpaired) electrons. The van der Waals surface area contributed by atoms with Gasteiger partial charge in [-0.05, 0) is 47.0 Å². The molecular formula is C19H17N. The highest BCUT2D eigenvalue weighted by Gasteiger charge is 1.97. The second-order valence-corrected chi connectivity index (χ2v) is 4.88. The Morgan fingerprint density at radius 1 is 0.800 bits per heavy atom. The first-order valence-corrected chi connectivity index (χ1v) is 6.81. The van der Waals surface area contributed by atoms with E-state index in [9.17, 15) is 0 Å². The second-order valence-electron chi connectivity index (χ2n) is 4.88. The average Bonchev–Trinajstić information content (AvgIpc) is 2.49. The van der Waals surface area contributed by atoms with Crippen molar-refractivity contribution >= 4 is 22.1 Å². The standard InChI is InChI=1S/C19H17N/c1-2-5-15-8-11-18(12-9-15)20-19-13-10-16-6-3-4-7-17(16)14-19/h2-4,6-14,20H,1,5H2. The minimum Gasteiger partial charge on any atom is -0.356 e. The molecule has 20 heavy (non-hydrogen) atoms. The molecule has 0 heterocycles. The lowest BCUT2D eigenvalue weighted by molar-refractivity contribution is 1.28. The summed E-state index contributed by atoms with van der Waals surface area (Å²) in [6.07, 6.45) is 2.84. The van der Waals surface area contributed by atoms with Gasteiger partial charge in [-0.2, -0.15) is 0 Å². The van der Waals surface area contributed by atoms with Crippen LogP contribution < -0.4 is 5.32 Å². The summed E-state index contributed by atoms with van der Waals surface area (Å²) in [6, 6.07) is 23.3. The van der Waals surface area contributed by atoms with Gasteiger partial charge in [0, 0.05) is 11.4 Å². The maximum absolute atomic E-state index is 3.76. The molecule has 3 aromatic rings. The van der Waals surface area contributed by atoms with Crippen LogP contribution >= 0.6 is 0 Å². The Hall–Kier alpha value is -2.54. The molecule has 1 N–H and O–H groups in total. The number of hydrogen-bond donors (Lipinski definition) is 1. The van der Waals surface area contributed by atoms with Crippen LogP contribution in [0.5, 0.6) is 0 Å². The Bertz CT molecular complexity index is 726. The Morgan fingerprint density at radius 2 is 1.50 bits per heavy atom. The van der Waals surface area contributed by atoms with Crippen molar-refractivity contribution in [2.75, 3.05) is 5.32 Å². The Morgan fingerprint density at radius 3 is 2.25 bits per heavy atom. The molecule has 0 aliphatic carbocycles. The van der Waals surface area contributed by atoms with Crippen LogP contribution in [-0.2, 0) is 6.42 Å². The van der Waals surface area contributed by atoms with E-state index in [1.54, 1.807) is 0 Å². The zero-order valence-electron chi connectivity index (χ0n) is 11.3. The molecule has 98 valence electrons. The van der Waals surface area contributed by atoms with Crippen LogP contribution in [0.4, 0.5) is 11.4 Å². The fourth-order valence-electron chi connectivity index (χ4n) is 2.32. The molecule has 0 saturated heterocycles. The molecule has 0 unspecified atom stereocenters. The highest BCUT2D eigenvalue weighted by molar-refractivity contribution is 5.86. The molecule has 0 aromatic heterocycles. The molecule has 0 amide bonds. The normalized spacial score (nSPS) is 10.4. The topological polar surface area (TPSA) is 12.0 Å². The Labute approximate surface area is 119 Å². The van der Waals surface area contributed by atoms with Crippen molar-refractivity contribution in [3.8, 4) is 0 Å². The van der Waals surface area contributed by atoms with Gasteiger partial charge in [-0.15, -0.1) is 6.58 Å². The minimum atomic E-state index is 0.913. The van der Waals surface area contributed by atoms with Gasteiger partial charge in [0.1, 0.15) is 0 Å². The predicted octanol–water partition coefficient (Wildman–Crippen LogP) is 5.31. The first kappa shape index (κ1) is 12.5. The average molecular weight is 259 g/mol. The van der Waals surface area contributed by atoms with E-state index in [1.165, 1.54) is 16.3 Å². The van der Waals surface area contributed by atoms with E-state index in [4.69, 9.17) is 0 Å². The molecule has 0 fully saturated rings. The first-order valence-electron chi connectivity index (χ1n) is 6.81. The molecule has 0 atom stereocenters. The quantitative estimate of drug-likeness (QED) is 0.626. The third-order valence-electron chi connectivity index (χ3n) is 3.37. The molecular weight excluding hydrogens is 242 g/mol. The number of nitrogens with one attached hydrogen (secondary N) is 1. The van der Waals surface area contributed by atoms with Gasteiger partial charge in [-0.1, -0.05) is 48.5 Å². The summed E-state index contributed by atoms with van der Waals surface area (Å²) in [7, 11) is 0. The predicted molar refractivity (Wildman–Crippen MR) is 87.6 cm³/mol. The van der Waals surface area contributed by atoms with Crippen LogP contribution in [0.2, 0.25) is 0 Å².